The predicted octanol–water partition coefficient (Wildman–Crippen LogP) is 1.74. The van der Waals surface area contributed by atoms with Crippen LogP contribution in [0.1, 0.15) is 33.1 Å². The summed E-state index contributed by atoms with van der Waals surface area (Å²) in [5.41, 5.74) is 0. The Hall–Kier alpha value is -0.530. The van der Waals surface area contributed by atoms with Crippen molar-refractivity contribution in [3.8, 4) is 0 Å². The van der Waals surface area contributed by atoms with Gasteiger partial charge in [-0.25, -0.2) is 0 Å². The Kier molecular flexibility index (Phi) is 2.30. The number of esters is 1. The summed E-state index contributed by atoms with van der Waals surface area (Å²) >= 11 is 0. The van der Waals surface area contributed by atoms with Crippen molar-refractivity contribution in [2.75, 3.05) is 0 Å². The molecule has 1 heterocycles. The first kappa shape index (κ1) is 7.58. The minimum absolute atomic E-state index is 0.0223. The summed E-state index contributed by atoms with van der Waals surface area (Å²) in [6, 6.07) is 0. The number of ether oxygens (including phenoxy) is 1. The van der Waals surface area contributed by atoms with Crippen LogP contribution in [0, 0.1) is 5.92 Å². The highest BCUT2D eigenvalue weighted by Crippen LogP contribution is 2.25. The number of rotatable bonds is 2. The molecule has 1 aliphatic heterocycles. The molecule has 0 saturated carbocycles. The molecule has 2 nitrogen and oxygen atoms in total. The highest BCUT2D eigenvalue weighted by molar-refractivity contribution is 5.71. The third-order valence-corrected chi connectivity index (χ3v) is 2.07. The SMILES string of the molecule is CCC[C@H]1CC(=O)O[C@H]1C. The zero-order chi connectivity index (χ0) is 7.56. The van der Waals surface area contributed by atoms with Crippen LogP contribution < -0.4 is 0 Å². The summed E-state index contributed by atoms with van der Waals surface area (Å²) in [6.45, 7) is 4.11. The van der Waals surface area contributed by atoms with Gasteiger partial charge in [-0.05, 0) is 13.3 Å². The van der Waals surface area contributed by atoms with E-state index in [1.54, 1.807) is 0 Å². The summed E-state index contributed by atoms with van der Waals surface area (Å²) in [6.07, 6.45) is 3.06. The van der Waals surface area contributed by atoms with Crippen LogP contribution in [-0.4, -0.2) is 12.1 Å². The lowest BCUT2D eigenvalue weighted by Gasteiger charge is -2.09. The summed E-state index contributed by atoms with van der Waals surface area (Å²) in [5, 5.41) is 0. The van der Waals surface area contributed by atoms with Crippen LogP contribution in [0.15, 0.2) is 0 Å². The van der Waals surface area contributed by atoms with E-state index >= 15 is 0 Å². The average Bonchev–Trinajstić information content (AvgIpc) is 2.13. The van der Waals surface area contributed by atoms with Crippen LogP contribution in [0.3, 0.4) is 0 Å². The molecule has 0 radical (unpaired) electrons. The summed E-state index contributed by atoms with van der Waals surface area (Å²) in [5.74, 6) is 0.462. The molecule has 0 aromatic heterocycles. The largest absolute Gasteiger partial charge is 0.462 e. The Morgan fingerprint density at radius 3 is 2.80 bits per heavy atom. The molecular weight excluding hydrogens is 128 g/mol. The first-order valence-electron chi connectivity index (χ1n) is 3.93. The monoisotopic (exact) mass is 142 g/mol. The van der Waals surface area contributed by atoms with Gasteiger partial charge in [0, 0.05) is 5.92 Å². The molecule has 0 N–H and O–H groups in total. The maximum atomic E-state index is 10.7. The fraction of sp³-hybridized carbons (Fsp3) is 0.875. The van der Waals surface area contributed by atoms with Gasteiger partial charge in [-0.3, -0.25) is 4.79 Å². The van der Waals surface area contributed by atoms with Gasteiger partial charge in [-0.15, -0.1) is 0 Å². The summed E-state index contributed by atoms with van der Waals surface area (Å²) in [7, 11) is 0. The lowest BCUT2D eigenvalue weighted by atomic mass is 9.97. The fourth-order valence-electron chi connectivity index (χ4n) is 1.44. The van der Waals surface area contributed by atoms with Crippen LogP contribution in [-0.2, 0) is 9.53 Å². The van der Waals surface area contributed by atoms with Crippen LogP contribution in [0.5, 0.6) is 0 Å². The molecule has 58 valence electrons. The van der Waals surface area contributed by atoms with Crippen molar-refractivity contribution in [1.82, 2.24) is 0 Å². The Morgan fingerprint density at radius 1 is 1.70 bits per heavy atom. The van der Waals surface area contributed by atoms with Gasteiger partial charge < -0.3 is 4.74 Å². The highest BCUT2D eigenvalue weighted by Gasteiger charge is 2.29. The van der Waals surface area contributed by atoms with Crippen molar-refractivity contribution in [3.05, 3.63) is 0 Å². The van der Waals surface area contributed by atoms with E-state index in [9.17, 15) is 4.79 Å². The third kappa shape index (κ3) is 1.49. The van der Waals surface area contributed by atoms with E-state index in [1.165, 1.54) is 0 Å². The number of cyclic esters (lactones) is 1. The smallest absolute Gasteiger partial charge is 0.306 e. The van der Waals surface area contributed by atoms with E-state index in [2.05, 4.69) is 6.92 Å². The molecule has 1 rings (SSSR count). The molecule has 0 spiro atoms. The molecule has 0 aliphatic carbocycles. The minimum atomic E-state index is -0.0223. The van der Waals surface area contributed by atoms with E-state index in [0.717, 1.165) is 12.8 Å². The molecular formula is C8H14O2. The molecule has 1 aliphatic rings. The second-order valence-electron chi connectivity index (χ2n) is 2.95. The van der Waals surface area contributed by atoms with Crippen molar-refractivity contribution in [2.24, 2.45) is 5.92 Å². The molecule has 1 fully saturated rings. The second kappa shape index (κ2) is 3.04. The van der Waals surface area contributed by atoms with Gasteiger partial charge in [0.05, 0.1) is 6.42 Å². The second-order valence-corrected chi connectivity index (χ2v) is 2.95. The summed E-state index contributed by atoms with van der Waals surface area (Å²) < 4.78 is 4.99. The van der Waals surface area contributed by atoms with Gasteiger partial charge in [0.1, 0.15) is 6.10 Å². The number of hydrogen-bond donors (Lipinski definition) is 0. The molecule has 2 heteroatoms. The van der Waals surface area contributed by atoms with Gasteiger partial charge in [0.25, 0.3) is 0 Å². The third-order valence-electron chi connectivity index (χ3n) is 2.07. The maximum Gasteiger partial charge on any atom is 0.306 e. The Labute approximate surface area is 61.6 Å². The van der Waals surface area contributed by atoms with E-state index < -0.39 is 0 Å². The van der Waals surface area contributed by atoms with E-state index in [4.69, 9.17) is 4.74 Å². The van der Waals surface area contributed by atoms with Crippen LogP contribution in [0.25, 0.3) is 0 Å². The van der Waals surface area contributed by atoms with Crippen molar-refractivity contribution in [1.29, 1.82) is 0 Å². The zero-order valence-electron chi connectivity index (χ0n) is 6.59. The minimum Gasteiger partial charge on any atom is -0.462 e. The zero-order valence-corrected chi connectivity index (χ0v) is 6.59. The average molecular weight is 142 g/mol. The molecule has 1 saturated heterocycles. The standard InChI is InChI=1S/C8H14O2/c1-3-4-7-5-8(9)10-6(7)2/h6-7H,3-5H2,1-2H3/t6-,7-/m0/s1. The summed E-state index contributed by atoms with van der Waals surface area (Å²) in [4.78, 5) is 10.7. The molecule has 10 heavy (non-hydrogen) atoms. The fourth-order valence-corrected chi connectivity index (χ4v) is 1.44. The Morgan fingerprint density at radius 2 is 2.40 bits per heavy atom. The van der Waals surface area contributed by atoms with Gasteiger partial charge in [0.2, 0.25) is 0 Å². The van der Waals surface area contributed by atoms with Crippen LogP contribution in [0.4, 0.5) is 0 Å². The van der Waals surface area contributed by atoms with Crippen molar-refractivity contribution in [3.63, 3.8) is 0 Å². The normalized spacial score (nSPS) is 32.4. The molecule has 0 unspecified atom stereocenters. The van der Waals surface area contributed by atoms with Gasteiger partial charge >= 0.3 is 5.97 Å². The van der Waals surface area contributed by atoms with E-state index in [1.807, 2.05) is 6.92 Å². The molecule has 0 amide bonds. The molecule has 2 atom stereocenters. The predicted molar refractivity (Wildman–Crippen MR) is 38.6 cm³/mol. The quantitative estimate of drug-likeness (QED) is 0.549. The number of hydrogen-bond acceptors (Lipinski definition) is 2. The Balaban J connectivity index is 2.38. The van der Waals surface area contributed by atoms with Crippen molar-refractivity contribution < 1.29 is 9.53 Å². The number of carbonyl (C=O) groups excluding carboxylic acids is 1. The number of carbonyl (C=O) groups is 1. The maximum absolute atomic E-state index is 10.7. The van der Waals surface area contributed by atoms with Crippen LogP contribution >= 0.6 is 0 Å². The van der Waals surface area contributed by atoms with Crippen molar-refractivity contribution >= 4 is 5.97 Å². The van der Waals surface area contributed by atoms with Crippen LogP contribution in [0.2, 0.25) is 0 Å². The van der Waals surface area contributed by atoms with E-state index in [0.29, 0.717) is 12.3 Å². The Bertz CT molecular complexity index is 131. The van der Waals surface area contributed by atoms with Gasteiger partial charge in [-0.1, -0.05) is 13.3 Å². The lowest BCUT2D eigenvalue weighted by molar-refractivity contribution is -0.140. The first-order valence-corrected chi connectivity index (χ1v) is 3.93. The lowest BCUT2D eigenvalue weighted by Crippen LogP contribution is -2.10. The van der Waals surface area contributed by atoms with Crippen molar-refractivity contribution in [2.45, 2.75) is 39.2 Å². The van der Waals surface area contributed by atoms with Gasteiger partial charge in [-0.2, -0.15) is 0 Å². The topological polar surface area (TPSA) is 26.3 Å². The molecule has 0 aromatic rings. The molecule has 0 aromatic carbocycles. The highest BCUT2D eigenvalue weighted by atomic mass is 16.5. The van der Waals surface area contributed by atoms with E-state index in [-0.39, 0.29) is 12.1 Å². The van der Waals surface area contributed by atoms with Gasteiger partial charge in [0.15, 0.2) is 0 Å². The first-order chi connectivity index (χ1) is 4.74. The molecule has 0 bridgehead atoms.